The molecule has 0 saturated carbocycles. The zero-order valence-electron chi connectivity index (χ0n) is 21.4. The summed E-state index contributed by atoms with van der Waals surface area (Å²) in [6.07, 6.45) is 4.42. The van der Waals surface area contributed by atoms with Gasteiger partial charge in [-0.15, -0.1) is 0 Å². The first-order valence-electron chi connectivity index (χ1n) is 12.6. The van der Waals surface area contributed by atoms with Crippen LogP contribution in [0.15, 0.2) is 34.2 Å². The van der Waals surface area contributed by atoms with E-state index in [0.717, 1.165) is 53.4 Å². The van der Waals surface area contributed by atoms with Gasteiger partial charge in [-0.1, -0.05) is 59.6 Å². The molecule has 2 heterocycles. The number of nitrogens with zero attached hydrogens (tertiary/aromatic N) is 2. The summed E-state index contributed by atoms with van der Waals surface area (Å²) in [5.74, 6) is 0.434. The highest BCUT2D eigenvalue weighted by Crippen LogP contribution is 2.52. The van der Waals surface area contributed by atoms with Gasteiger partial charge < -0.3 is 4.74 Å². The molecule has 6 heteroatoms. The minimum absolute atomic E-state index is 0.0207. The van der Waals surface area contributed by atoms with Crippen LogP contribution in [-0.4, -0.2) is 34.9 Å². The van der Waals surface area contributed by atoms with Crippen molar-refractivity contribution in [3.05, 3.63) is 47.0 Å². The number of hydrogen-bond donors (Lipinski definition) is 1. The number of aromatic nitrogens is 1. The van der Waals surface area contributed by atoms with Gasteiger partial charge in [0.25, 0.3) is 0 Å². The van der Waals surface area contributed by atoms with Gasteiger partial charge in [0.15, 0.2) is 0 Å². The number of benzene rings is 1. The fourth-order valence-corrected chi connectivity index (χ4v) is 7.36. The number of hydrogen-bond acceptors (Lipinski definition) is 4. The van der Waals surface area contributed by atoms with Gasteiger partial charge in [0.05, 0.1) is 28.6 Å². The van der Waals surface area contributed by atoms with Crippen molar-refractivity contribution >= 4 is 21.9 Å². The van der Waals surface area contributed by atoms with Crippen molar-refractivity contribution in [1.29, 1.82) is 0 Å². The minimum atomic E-state index is -0.752. The molecule has 0 radical (unpaired) electrons. The number of rotatable bonds is 10. The summed E-state index contributed by atoms with van der Waals surface area (Å²) in [7, 11) is -0.752. The fraction of sp³-hybridized carbons (Fsp3) is 0.536. The molecule has 1 aliphatic rings. The predicted molar refractivity (Wildman–Crippen MR) is 142 cm³/mol. The Hall–Kier alpha value is -2.21. The molecule has 0 amide bonds. The maximum atomic E-state index is 14.5. The molecule has 0 fully saturated rings. The SMILES string of the molecule is CCCCCC1=NCC[SH]1c1c(C(C)C)nc(C(C)C)c(C(=O)OCC)c1-c1cccc(F)c1. The Kier molecular flexibility index (Phi) is 9.29. The highest BCUT2D eigenvalue weighted by molar-refractivity contribution is 8.30. The molecule has 0 saturated heterocycles. The van der Waals surface area contributed by atoms with Gasteiger partial charge in [0.1, 0.15) is 5.82 Å². The van der Waals surface area contributed by atoms with Crippen LogP contribution in [0, 0.1) is 5.82 Å². The number of ether oxygens (including phenoxy) is 1. The lowest BCUT2D eigenvalue weighted by molar-refractivity contribution is 0.0524. The second kappa shape index (κ2) is 12.0. The summed E-state index contributed by atoms with van der Waals surface area (Å²) in [5.41, 5.74) is 3.74. The molecule has 2 aromatic rings. The van der Waals surface area contributed by atoms with Gasteiger partial charge in [-0.05, 0) is 49.3 Å². The Labute approximate surface area is 206 Å². The van der Waals surface area contributed by atoms with Crippen molar-refractivity contribution in [2.75, 3.05) is 18.9 Å². The standard InChI is InChI=1S/C28H39FN2O2S/c1-7-9-10-14-22-30-15-16-34(22)27-23(20-12-11-13-21(29)17-20)24(28(32)33-8-2)25(18(3)4)31-26(27)19(5)6/h11-13,17-19,34H,7-10,14-16H2,1-6H3. The van der Waals surface area contributed by atoms with Crippen LogP contribution in [0.1, 0.15) is 101 Å². The molecule has 1 aromatic heterocycles. The summed E-state index contributed by atoms with van der Waals surface area (Å²) in [5, 5.41) is 1.25. The molecule has 1 atom stereocenters. The van der Waals surface area contributed by atoms with E-state index in [1.165, 1.54) is 23.6 Å². The van der Waals surface area contributed by atoms with Crippen LogP contribution >= 0.6 is 10.9 Å². The Balaban J connectivity index is 2.37. The molecule has 1 unspecified atom stereocenters. The Morgan fingerprint density at radius 2 is 1.85 bits per heavy atom. The zero-order chi connectivity index (χ0) is 24.8. The van der Waals surface area contributed by atoms with Crippen LogP contribution in [-0.2, 0) is 4.74 Å². The van der Waals surface area contributed by atoms with E-state index in [0.29, 0.717) is 11.1 Å². The lowest BCUT2D eigenvalue weighted by atomic mass is 9.91. The van der Waals surface area contributed by atoms with E-state index in [4.69, 9.17) is 14.7 Å². The van der Waals surface area contributed by atoms with Crippen LogP contribution < -0.4 is 0 Å². The van der Waals surface area contributed by atoms with E-state index in [1.54, 1.807) is 6.07 Å². The van der Waals surface area contributed by atoms with Gasteiger partial charge in [-0.3, -0.25) is 9.98 Å². The summed E-state index contributed by atoms with van der Waals surface area (Å²) in [6.45, 7) is 13.5. The fourth-order valence-electron chi connectivity index (χ4n) is 4.52. The first-order chi connectivity index (χ1) is 16.3. The number of carbonyl (C=O) groups excluding carboxylic acids is 1. The van der Waals surface area contributed by atoms with E-state index in [9.17, 15) is 9.18 Å². The lowest BCUT2D eigenvalue weighted by Crippen LogP contribution is -2.18. The summed E-state index contributed by atoms with van der Waals surface area (Å²) >= 11 is 0. The molecule has 3 rings (SSSR count). The van der Waals surface area contributed by atoms with Crippen LogP contribution in [0.2, 0.25) is 0 Å². The lowest BCUT2D eigenvalue weighted by Gasteiger charge is -2.29. The minimum Gasteiger partial charge on any atom is -0.462 e. The maximum Gasteiger partial charge on any atom is 0.340 e. The van der Waals surface area contributed by atoms with E-state index in [-0.39, 0.29) is 30.2 Å². The molecular weight excluding hydrogens is 447 g/mol. The van der Waals surface area contributed by atoms with Crippen LogP contribution in [0.5, 0.6) is 0 Å². The molecule has 4 nitrogen and oxygen atoms in total. The van der Waals surface area contributed by atoms with Crippen molar-refractivity contribution in [3.63, 3.8) is 0 Å². The summed E-state index contributed by atoms with van der Waals surface area (Å²) < 4.78 is 20.0. The number of pyridine rings is 1. The third-order valence-electron chi connectivity index (χ3n) is 6.12. The highest BCUT2D eigenvalue weighted by atomic mass is 32.2. The first kappa shape index (κ1) is 26.4. The van der Waals surface area contributed by atoms with Gasteiger partial charge in [-0.2, -0.15) is 10.9 Å². The van der Waals surface area contributed by atoms with Crippen molar-refractivity contribution < 1.29 is 13.9 Å². The quantitative estimate of drug-likeness (QED) is 0.213. The number of esters is 1. The van der Waals surface area contributed by atoms with E-state index in [1.807, 2.05) is 26.8 Å². The third kappa shape index (κ3) is 5.70. The van der Waals surface area contributed by atoms with Gasteiger partial charge in [-0.25, -0.2) is 9.18 Å². The largest absolute Gasteiger partial charge is 0.462 e. The average molecular weight is 487 g/mol. The number of unbranched alkanes of at least 4 members (excludes halogenated alkanes) is 2. The van der Waals surface area contributed by atoms with Gasteiger partial charge >= 0.3 is 5.97 Å². The number of halogens is 1. The van der Waals surface area contributed by atoms with Gasteiger partial charge in [0, 0.05) is 22.8 Å². The van der Waals surface area contributed by atoms with Crippen molar-refractivity contribution in [2.45, 2.75) is 84.0 Å². The van der Waals surface area contributed by atoms with Crippen LogP contribution in [0.4, 0.5) is 4.39 Å². The second-order valence-electron chi connectivity index (χ2n) is 9.43. The van der Waals surface area contributed by atoms with Crippen molar-refractivity contribution in [2.24, 2.45) is 4.99 Å². The second-order valence-corrected chi connectivity index (χ2v) is 11.7. The van der Waals surface area contributed by atoms with Crippen molar-refractivity contribution in [3.8, 4) is 11.1 Å². The van der Waals surface area contributed by atoms with E-state index in [2.05, 4.69) is 20.8 Å². The topological polar surface area (TPSA) is 51.5 Å². The Morgan fingerprint density at radius 3 is 2.47 bits per heavy atom. The number of carbonyl (C=O) groups is 1. The van der Waals surface area contributed by atoms with Crippen LogP contribution in [0.3, 0.4) is 0 Å². The first-order valence-corrected chi connectivity index (χ1v) is 14.1. The van der Waals surface area contributed by atoms with E-state index >= 15 is 0 Å². The third-order valence-corrected chi connectivity index (χ3v) is 8.74. The molecule has 0 bridgehead atoms. The number of aliphatic imine (C=N–C) groups is 1. The Morgan fingerprint density at radius 1 is 1.12 bits per heavy atom. The average Bonchev–Trinajstić information content (AvgIpc) is 3.25. The summed E-state index contributed by atoms with van der Waals surface area (Å²) in [6, 6.07) is 6.60. The molecule has 1 aromatic carbocycles. The molecular formula is C28H39FN2O2S. The Bertz CT molecular complexity index is 1050. The maximum absolute atomic E-state index is 14.5. The van der Waals surface area contributed by atoms with E-state index < -0.39 is 10.9 Å². The van der Waals surface area contributed by atoms with Crippen molar-refractivity contribution in [1.82, 2.24) is 4.98 Å². The molecule has 186 valence electrons. The van der Waals surface area contributed by atoms with Crippen LogP contribution in [0.25, 0.3) is 11.1 Å². The zero-order valence-corrected chi connectivity index (χ0v) is 22.3. The number of thiol groups is 1. The molecule has 1 aliphatic heterocycles. The molecule has 0 N–H and O–H groups in total. The highest BCUT2D eigenvalue weighted by Gasteiger charge is 2.33. The molecule has 34 heavy (non-hydrogen) atoms. The summed E-state index contributed by atoms with van der Waals surface area (Å²) in [4.78, 5) is 24.5. The molecule has 0 aliphatic carbocycles. The predicted octanol–water partition coefficient (Wildman–Crippen LogP) is 7.66. The molecule has 0 spiro atoms. The monoisotopic (exact) mass is 486 g/mol. The van der Waals surface area contributed by atoms with Gasteiger partial charge in [0.2, 0.25) is 0 Å². The normalized spacial score (nSPS) is 16.9. The smallest absolute Gasteiger partial charge is 0.340 e.